The number of hydrogen-bond acceptors (Lipinski definition) is 4. The summed E-state index contributed by atoms with van der Waals surface area (Å²) in [4.78, 5) is 4.23. The molecule has 2 N–H and O–H groups in total. The normalized spacial score (nSPS) is 23.1. The van der Waals surface area contributed by atoms with E-state index in [1.807, 2.05) is 0 Å². The fourth-order valence-corrected chi connectivity index (χ4v) is 1.97. The maximum Gasteiger partial charge on any atom is 0.141 e. The van der Waals surface area contributed by atoms with E-state index in [-0.39, 0.29) is 6.04 Å². The van der Waals surface area contributed by atoms with E-state index >= 15 is 0 Å². The molecule has 0 saturated carbocycles. The van der Waals surface area contributed by atoms with Gasteiger partial charge in [0.2, 0.25) is 0 Å². The van der Waals surface area contributed by atoms with Gasteiger partial charge in [-0.15, -0.1) is 0 Å². The quantitative estimate of drug-likeness (QED) is 0.757. The van der Waals surface area contributed by atoms with Crippen molar-refractivity contribution in [1.29, 1.82) is 0 Å². The van der Waals surface area contributed by atoms with Crippen molar-refractivity contribution in [3.8, 4) is 0 Å². The average molecular weight is 210 g/mol. The van der Waals surface area contributed by atoms with Crippen molar-refractivity contribution in [3.05, 3.63) is 12.2 Å². The number of nitrogens with one attached hydrogen (secondary N) is 2. The highest BCUT2D eigenvalue weighted by atomic mass is 16.5. The van der Waals surface area contributed by atoms with E-state index in [4.69, 9.17) is 4.74 Å². The lowest BCUT2D eigenvalue weighted by atomic mass is 9.98. The second-order valence-corrected chi connectivity index (χ2v) is 3.93. The Morgan fingerprint density at radius 2 is 2.67 bits per heavy atom. The van der Waals surface area contributed by atoms with Gasteiger partial charge in [0, 0.05) is 12.5 Å². The molecule has 2 rings (SSSR count). The minimum atomic E-state index is 0.259. The highest BCUT2D eigenvalue weighted by molar-refractivity contribution is 4.96. The average Bonchev–Trinajstić information content (AvgIpc) is 2.90. The molecule has 0 aromatic carbocycles. The summed E-state index contributed by atoms with van der Waals surface area (Å²) in [6.07, 6.45) is 3.78. The van der Waals surface area contributed by atoms with Crippen LogP contribution in [0.15, 0.2) is 6.33 Å². The molecule has 0 spiro atoms. The third-order valence-electron chi connectivity index (χ3n) is 2.78. The Morgan fingerprint density at radius 3 is 3.27 bits per heavy atom. The molecule has 0 aliphatic carbocycles. The molecule has 2 heterocycles. The molecule has 0 amide bonds. The van der Waals surface area contributed by atoms with Crippen LogP contribution in [-0.4, -0.2) is 34.9 Å². The minimum Gasteiger partial charge on any atom is -0.381 e. The largest absolute Gasteiger partial charge is 0.381 e. The third-order valence-corrected chi connectivity index (χ3v) is 2.78. The van der Waals surface area contributed by atoms with E-state index < -0.39 is 0 Å². The molecule has 5 heteroatoms. The number of rotatable bonds is 5. The van der Waals surface area contributed by atoms with Crippen LogP contribution in [0.5, 0.6) is 0 Å². The molecule has 1 aromatic heterocycles. The second kappa shape index (κ2) is 5.23. The summed E-state index contributed by atoms with van der Waals surface area (Å²) < 4.78 is 5.41. The van der Waals surface area contributed by atoms with Crippen LogP contribution in [0.4, 0.5) is 0 Å². The first-order chi connectivity index (χ1) is 7.42. The molecule has 15 heavy (non-hydrogen) atoms. The van der Waals surface area contributed by atoms with Crippen LogP contribution in [0.1, 0.15) is 31.6 Å². The first-order valence-electron chi connectivity index (χ1n) is 5.58. The molecule has 84 valence electrons. The van der Waals surface area contributed by atoms with E-state index in [0.29, 0.717) is 5.92 Å². The molecular weight excluding hydrogens is 192 g/mol. The SMILES string of the molecule is CCCNC(c1ncn[nH]1)C1CCOC1. The number of aromatic nitrogens is 3. The van der Waals surface area contributed by atoms with Crippen LogP contribution in [0.2, 0.25) is 0 Å². The predicted octanol–water partition coefficient (Wildman–Crippen LogP) is 0.882. The molecule has 1 fully saturated rings. The Bertz CT molecular complexity index is 269. The molecule has 2 unspecified atom stereocenters. The molecule has 1 aromatic rings. The van der Waals surface area contributed by atoms with Crippen LogP contribution in [-0.2, 0) is 4.74 Å². The van der Waals surface area contributed by atoms with Crippen LogP contribution < -0.4 is 5.32 Å². The Kier molecular flexibility index (Phi) is 3.69. The van der Waals surface area contributed by atoms with Crippen LogP contribution in [0, 0.1) is 5.92 Å². The van der Waals surface area contributed by atoms with Gasteiger partial charge in [0.05, 0.1) is 12.6 Å². The molecule has 1 aliphatic rings. The van der Waals surface area contributed by atoms with Gasteiger partial charge >= 0.3 is 0 Å². The number of hydrogen-bond donors (Lipinski definition) is 2. The van der Waals surface area contributed by atoms with Crippen molar-refractivity contribution in [2.24, 2.45) is 5.92 Å². The van der Waals surface area contributed by atoms with Gasteiger partial charge in [0.1, 0.15) is 12.2 Å². The number of ether oxygens (including phenoxy) is 1. The first kappa shape index (κ1) is 10.6. The number of nitrogens with zero attached hydrogens (tertiary/aromatic N) is 2. The molecule has 2 atom stereocenters. The van der Waals surface area contributed by atoms with Crippen LogP contribution in [0.25, 0.3) is 0 Å². The van der Waals surface area contributed by atoms with E-state index in [9.17, 15) is 0 Å². The smallest absolute Gasteiger partial charge is 0.141 e. The molecular formula is C10H18N4O. The van der Waals surface area contributed by atoms with Crippen molar-refractivity contribution in [2.75, 3.05) is 19.8 Å². The standard InChI is InChI=1S/C10H18N4O/c1-2-4-11-9(8-3-5-15-6-8)10-12-7-13-14-10/h7-9,11H,2-6H2,1H3,(H,12,13,14). The zero-order valence-electron chi connectivity index (χ0n) is 9.07. The Hall–Kier alpha value is -0.940. The fourth-order valence-electron chi connectivity index (χ4n) is 1.97. The first-order valence-corrected chi connectivity index (χ1v) is 5.58. The summed E-state index contributed by atoms with van der Waals surface area (Å²) in [6, 6.07) is 0.259. The Labute approximate surface area is 89.6 Å². The zero-order chi connectivity index (χ0) is 10.5. The van der Waals surface area contributed by atoms with Gasteiger partial charge in [-0.05, 0) is 19.4 Å². The van der Waals surface area contributed by atoms with Crippen molar-refractivity contribution in [3.63, 3.8) is 0 Å². The lowest BCUT2D eigenvalue weighted by molar-refractivity contribution is 0.175. The van der Waals surface area contributed by atoms with E-state index in [0.717, 1.165) is 38.4 Å². The van der Waals surface area contributed by atoms with Gasteiger partial charge in [0.25, 0.3) is 0 Å². The summed E-state index contributed by atoms with van der Waals surface area (Å²) in [5.41, 5.74) is 0. The van der Waals surface area contributed by atoms with Gasteiger partial charge < -0.3 is 10.1 Å². The van der Waals surface area contributed by atoms with Crippen LogP contribution >= 0.6 is 0 Å². The Morgan fingerprint density at radius 1 is 1.73 bits per heavy atom. The monoisotopic (exact) mass is 210 g/mol. The summed E-state index contributed by atoms with van der Waals surface area (Å²) in [7, 11) is 0. The molecule has 5 nitrogen and oxygen atoms in total. The van der Waals surface area contributed by atoms with Gasteiger partial charge in [-0.25, -0.2) is 4.98 Å². The molecule has 0 bridgehead atoms. The van der Waals surface area contributed by atoms with E-state index in [2.05, 4.69) is 27.4 Å². The lowest BCUT2D eigenvalue weighted by Gasteiger charge is -2.21. The molecule has 0 radical (unpaired) electrons. The van der Waals surface area contributed by atoms with E-state index in [1.165, 1.54) is 0 Å². The van der Waals surface area contributed by atoms with Gasteiger partial charge in [-0.2, -0.15) is 5.10 Å². The van der Waals surface area contributed by atoms with Gasteiger partial charge in [0.15, 0.2) is 0 Å². The number of H-pyrrole nitrogens is 1. The van der Waals surface area contributed by atoms with Crippen molar-refractivity contribution < 1.29 is 4.74 Å². The number of aromatic amines is 1. The van der Waals surface area contributed by atoms with Crippen molar-refractivity contribution in [2.45, 2.75) is 25.8 Å². The Balaban J connectivity index is 2.01. The minimum absolute atomic E-state index is 0.259. The van der Waals surface area contributed by atoms with Gasteiger partial charge in [-0.3, -0.25) is 5.10 Å². The fraction of sp³-hybridized carbons (Fsp3) is 0.800. The topological polar surface area (TPSA) is 62.8 Å². The molecule has 1 aliphatic heterocycles. The summed E-state index contributed by atoms with van der Waals surface area (Å²) in [6.45, 7) is 4.85. The molecule has 1 saturated heterocycles. The zero-order valence-corrected chi connectivity index (χ0v) is 9.07. The highest BCUT2D eigenvalue weighted by Crippen LogP contribution is 2.26. The predicted molar refractivity (Wildman–Crippen MR) is 56.3 cm³/mol. The maximum absolute atomic E-state index is 5.41. The summed E-state index contributed by atoms with van der Waals surface area (Å²) in [5, 5.41) is 10.3. The van der Waals surface area contributed by atoms with Gasteiger partial charge in [-0.1, -0.05) is 6.92 Å². The van der Waals surface area contributed by atoms with E-state index in [1.54, 1.807) is 6.33 Å². The lowest BCUT2D eigenvalue weighted by Crippen LogP contribution is -2.30. The summed E-state index contributed by atoms with van der Waals surface area (Å²) >= 11 is 0. The van der Waals surface area contributed by atoms with Crippen molar-refractivity contribution in [1.82, 2.24) is 20.5 Å². The second-order valence-electron chi connectivity index (χ2n) is 3.93. The maximum atomic E-state index is 5.41. The summed E-state index contributed by atoms with van der Waals surface area (Å²) in [5.74, 6) is 1.45. The third kappa shape index (κ3) is 2.54. The highest BCUT2D eigenvalue weighted by Gasteiger charge is 2.28. The van der Waals surface area contributed by atoms with Crippen LogP contribution in [0.3, 0.4) is 0 Å². The van der Waals surface area contributed by atoms with Crippen molar-refractivity contribution >= 4 is 0 Å².